The number of carbonyl (C=O) groups is 2. The number of para-hydroxylation sites is 2. The number of hydrogen-bond acceptors (Lipinski definition) is 5. The van der Waals surface area contributed by atoms with Crippen molar-refractivity contribution >= 4 is 22.9 Å². The number of rotatable bonds is 3. The molecule has 1 atom stereocenters. The molecule has 0 aliphatic heterocycles. The van der Waals surface area contributed by atoms with Gasteiger partial charge in [0, 0.05) is 11.0 Å². The molecule has 2 aromatic rings. The quantitative estimate of drug-likeness (QED) is 0.474. The second-order valence-corrected chi connectivity index (χ2v) is 4.36. The van der Waals surface area contributed by atoms with Crippen LogP contribution in [-0.2, 0) is 9.53 Å². The van der Waals surface area contributed by atoms with Crippen LogP contribution in [0.5, 0.6) is 0 Å². The molecule has 110 valence electrons. The highest BCUT2D eigenvalue weighted by molar-refractivity contribution is 5.96. The molecule has 8 nitrogen and oxygen atoms in total. The van der Waals surface area contributed by atoms with Crippen LogP contribution in [0.3, 0.4) is 0 Å². The maximum absolute atomic E-state index is 12.0. The van der Waals surface area contributed by atoms with Crippen LogP contribution in [0.1, 0.15) is 17.4 Å². The van der Waals surface area contributed by atoms with Gasteiger partial charge in [0.05, 0.1) is 11.5 Å². The number of aromatic nitrogens is 2. The van der Waals surface area contributed by atoms with E-state index in [4.69, 9.17) is 0 Å². The number of nitrogens with zero attached hydrogens (tertiary/aromatic N) is 2. The topological polar surface area (TPSA) is 104 Å². The van der Waals surface area contributed by atoms with E-state index < -0.39 is 17.9 Å². The first-order valence-corrected chi connectivity index (χ1v) is 6.10. The second kappa shape index (κ2) is 5.61. The molecule has 0 aliphatic rings. The number of hydrogen-bond donors (Lipinski definition) is 2. The zero-order valence-corrected chi connectivity index (χ0v) is 11.4. The van der Waals surface area contributed by atoms with Crippen molar-refractivity contribution in [3.8, 4) is 0 Å². The van der Waals surface area contributed by atoms with Gasteiger partial charge in [0.1, 0.15) is 6.04 Å². The molecule has 2 rings (SSSR count). The molecule has 8 heteroatoms. The highest BCUT2D eigenvalue weighted by Crippen LogP contribution is 2.10. The fourth-order valence-electron chi connectivity index (χ4n) is 1.86. The Bertz CT molecular complexity index is 768. The molecule has 0 bridgehead atoms. The average molecular weight is 292 g/mol. The number of amides is 1. The van der Waals surface area contributed by atoms with Crippen LogP contribution < -0.4 is 9.74 Å². The van der Waals surface area contributed by atoms with Gasteiger partial charge in [-0.1, -0.05) is 12.1 Å². The van der Waals surface area contributed by atoms with Crippen molar-refractivity contribution in [2.24, 2.45) is 0 Å². The Morgan fingerprint density at radius 3 is 2.71 bits per heavy atom. The van der Waals surface area contributed by atoms with Gasteiger partial charge in [-0.15, -0.1) is 0 Å². The van der Waals surface area contributed by atoms with Crippen LogP contribution in [0.15, 0.2) is 30.5 Å². The second-order valence-electron chi connectivity index (χ2n) is 4.36. The molecule has 0 fully saturated rings. The maximum Gasteiger partial charge on any atom is 0.328 e. The summed E-state index contributed by atoms with van der Waals surface area (Å²) in [5.74, 6) is -1.41. The van der Waals surface area contributed by atoms with Crippen LogP contribution in [0, 0.1) is 4.91 Å². The van der Waals surface area contributed by atoms with E-state index in [1.54, 1.807) is 12.1 Å². The lowest BCUT2D eigenvalue weighted by Crippen LogP contribution is -2.41. The van der Waals surface area contributed by atoms with E-state index in [2.05, 4.69) is 10.1 Å². The molecule has 0 aliphatic carbocycles. The van der Waals surface area contributed by atoms with Crippen molar-refractivity contribution < 1.29 is 24.0 Å². The standard InChI is InChI=1S/C13H13N3O5/c1-8(13(18)21-2)14-12(17)11-7-15(19)9-5-3-4-6-10(9)16(11)20/h3-8,20H,1-2H3/p+1. The summed E-state index contributed by atoms with van der Waals surface area (Å²) in [4.78, 5) is 35.2. The SMILES string of the molecule is COC(=O)C(C)NC(=O)c1c[n+](=O)c2ccccc2n1O. The summed E-state index contributed by atoms with van der Waals surface area (Å²) in [5, 5.41) is 12.4. The van der Waals surface area contributed by atoms with Crippen molar-refractivity contribution in [1.82, 2.24) is 10.0 Å². The Kier molecular flexibility index (Phi) is 3.88. The minimum atomic E-state index is -0.908. The molecule has 21 heavy (non-hydrogen) atoms. The smallest absolute Gasteiger partial charge is 0.328 e. The summed E-state index contributed by atoms with van der Waals surface area (Å²) in [6, 6.07) is 5.34. The predicted octanol–water partition coefficient (Wildman–Crippen LogP) is 0.0844. The first-order valence-electron chi connectivity index (χ1n) is 6.10. The van der Waals surface area contributed by atoms with Gasteiger partial charge in [-0.3, -0.25) is 4.79 Å². The molecular formula is C13H14N3O5+. The van der Waals surface area contributed by atoms with Crippen molar-refractivity contribution in [3.05, 3.63) is 41.1 Å². The summed E-state index contributed by atoms with van der Waals surface area (Å²) in [6.07, 6.45) is 0.932. The number of esters is 1. The van der Waals surface area contributed by atoms with Crippen LogP contribution in [-0.4, -0.2) is 35.0 Å². The molecule has 0 radical (unpaired) electrons. The Balaban J connectivity index is 2.43. The summed E-state index contributed by atoms with van der Waals surface area (Å²) in [5.41, 5.74) is 0.0860. The average Bonchev–Trinajstić information content (AvgIpc) is 2.49. The van der Waals surface area contributed by atoms with Crippen LogP contribution in [0.25, 0.3) is 11.0 Å². The van der Waals surface area contributed by atoms with Crippen molar-refractivity contribution in [3.63, 3.8) is 0 Å². The van der Waals surface area contributed by atoms with Gasteiger partial charge in [-0.2, -0.15) is 4.73 Å². The van der Waals surface area contributed by atoms with Crippen LogP contribution in [0.4, 0.5) is 0 Å². The largest absolute Gasteiger partial charge is 0.467 e. The molecule has 1 aromatic carbocycles. The van der Waals surface area contributed by atoms with E-state index in [1.165, 1.54) is 26.2 Å². The van der Waals surface area contributed by atoms with Gasteiger partial charge >= 0.3 is 5.97 Å². The minimum Gasteiger partial charge on any atom is -0.467 e. The molecule has 0 spiro atoms. The summed E-state index contributed by atoms with van der Waals surface area (Å²) in [7, 11) is 1.19. The Morgan fingerprint density at radius 2 is 2.05 bits per heavy atom. The normalized spacial score (nSPS) is 11.9. The number of ether oxygens (including phenoxy) is 1. The zero-order valence-electron chi connectivity index (χ0n) is 11.4. The van der Waals surface area contributed by atoms with Crippen molar-refractivity contribution in [1.29, 1.82) is 0 Å². The highest BCUT2D eigenvalue weighted by Gasteiger charge is 2.24. The monoisotopic (exact) mass is 292 g/mol. The third-order valence-electron chi connectivity index (χ3n) is 2.95. The Morgan fingerprint density at radius 1 is 1.38 bits per heavy atom. The number of benzene rings is 1. The molecular weight excluding hydrogens is 278 g/mol. The maximum atomic E-state index is 12.0. The third-order valence-corrected chi connectivity index (χ3v) is 2.95. The number of fused-ring (bicyclic) bond motifs is 1. The number of carbonyl (C=O) groups excluding carboxylic acids is 2. The molecule has 2 N–H and O–H groups in total. The summed E-state index contributed by atoms with van der Waals surface area (Å²) >= 11 is 0. The van der Waals surface area contributed by atoms with Gasteiger partial charge in [-0.25, -0.2) is 4.79 Å². The van der Waals surface area contributed by atoms with E-state index >= 15 is 0 Å². The molecule has 1 unspecified atom stereocenters. The zero-order chi connectivity index (χ0) is 15.6. The fraction of sp³-hybridized carbons (Fsp3) is 0.231. The van der Waals surface area contributed by atoms with E-state index in [-0.39, 0.29) is 16.7 Å². The van der Waals surface area contributed by atoms with Crippen LogP contribution in [0.2, 0.25) is 0 Å². The van der Waals surface area contributed by atoms with Crippen molar-refractivity contribution in [2.75, 3.05) is 7.11 Å². The molecule has 1 heterocycles. The van der Waals surface area contributed by atoms with Gasteiger partial charge in [0.2, 0.25) is 5.69 Å². The summed E-state index contributed by atoms with van der Waals surface area (Å²) < 4.78 is 5.56. The van der Waals surface area contributed by atoms with Gasteiger partial charge < -0.3 is 15.3 Å². The lowest BCUT2D eigenvalue weighted by Gasteiger charge is -2.11. The van der Waals surface area contributed by atoms with E-state index in [9.17, 15) is 19.7 Å². The third kappa shape index (κ3) is 2.69. The Labute approximate surface area is 119 Å². The van der Waals surface area contributed by atoms with Gasteiger partial charge in [0.25, 0.3) is 17.6 Å². The highest BCUT2D eigenvalue weighted by atomic mass is 16.5. The van der Waals surface area contributed by atoms with Crippen molar-refractivity contribution in [2.45, 2.75) is 13.0 Å². The van der Waals surface area contributed by atoms with Gasteiger partial charge in [-0.05, 0) is 13.0 Å². The fourth-order valence-corrected chi connectivity index (χ4v) is 1.86. The van der Waals surface area contributed by atoms with Crippen LogP contribution >= 0.6 is 0 Å². The first-order chi connectivity index (χ1) is 9.95. The molecule has 1 aromatic heterocycles. The lowest BCUT2D eigenvalue weighted by atomic mass is 10.2. The number of nitrogens with one attached hydrogen (secondary N) is 1. The first kappa shape index (κ1) is 14.5. The predicted molar refractivity (Wildman–Crippen MR) is 71.4 cm³/mol. The van der Waals surface area contributed by atoms with E-state index in [0.717, 1.165) is 6.20 Å². The van der Waals surface area contributed by atoms with E-state index in [0.29, 0.717) is 9.16 Å². The Hall–Kier alpha value is -2.90. The molecule has 1 amide bonds. The molecule has 0 saturated carbocycles. The molecule has 0 saturated heterocycles. The summed E-state index contributed by atoms with van der Waals surface area (Å²) in [6.45, 7) is 1.43. The number of methoxy groups -OCH3 is 1. The van der Waals surface area contributed by atoms with E-state index in [1.807, 2.05) is 0 Å². The minimum absolute atomic E-state index is 0.172. The lowest BCUT2D eigenvalue weighted by molar-refractivity contribution is -0.465. The van der Waals surface area contributed by atoms with Gasteiger partial charge in [0.15, 0.2) is 5.52 Å².